The van der Waals surface area contributed by atoms with Crippen LogP contribution in [0.1, 0.15) is 18.1 Å². The molecule has 2 aromatic carbocycles. The molecule has 28 heavy (non-hydrogen) atoms. The fourth-order valence-corrected chi connectivity index (χ4v) is 4.03. The van der Waals surface area contributed by atoms with Crippen molar-refractivity contribution in [3.63, 3.8) is 0 Å². The number of methoxy groups -OCH3 is 1. The molecule has 148 valence electrons. The Kier molecular flexibility index (Phi) is 5.81. The molecule has 1 heterocycles. The second-order valence-corrected chi connectivity index (χ2v) is 8.12. The molecule has 1 N–H and O–H groups in total. The lowest BCUT2D eigenvalue weighted by Crippen LogP contribution is -2.23. The van der Waals surface area contributed by atoms with E-state index in [1.807, 2.05) is 13.8 Å². The topological polar surface area (TPSA) is 73.2 Å². The molecular weight excluding hydrogens is 381 g/mol. The third kappa shape index (κ3) is 4.23. The Labute approximate surface area is 164 Å². The summed E-state index contributed by atoms with van der Waals surface area (Å²) in [6.45, 7) is 4.65. The second-order valence-electron chi connectivity index (χ2n) is 6.35. The molecule has 0 amide bonds. The van der Waals surface area contributed by atoms with Gasteiger partial charge in [-0.1, -0.05) is 6.07 Å². The highest BCUT2D eigenvalue weighted by atomic mass is 32.2. The van der Waals surface area contributed by atoms with Crippen molar-refractivity contribution in [1.29, 1.82) is 0 Å². The average Bonchev–Trinajstić information content (AvgIpc) is 3.15. The summed E-state index contributed by atoms with van der Waals surface area (Å²) in [5, 5.41) is 4.13. The Balaban J connectivity index is 1.85. The first-order valence-electron chi connectivity index (χ1n) is 8.79. The summed E-state index contributed by atoms with van der Waals surface area (Å²) in [4.78, 5) is 0.165. The van der Waals surface area contributed by atoms with Crippen LogP contribution in [0.3, 0.4) is 0 Å². The highest BCUT2D eigenvalue weighted by Gasteiger charge is 2.17. The zero-order chi connectivity index (χ0) is 20.3. The lowest BCUT2D eigenvalue weighted by Gasteiger charge is -2.13. The number of hydrogen-bond donors (Lipinski definition) is 1. The van der Waals surface area contributed by atoms with Crippen molar-refractivity contribution in [2.75, 3.05) is 7.11 Å². The van der Waals surface area contributed by atoms with Crippen molar-refractivity contribution in [2.45, 2.75) is 31.8 Å². The zero-order valence-electron chi connectivity index (χ0n) is 15.9. The molecule has 1 aromatic heterocycles. The van der Waals surface area contributed by atoms with Crippen molar-refractivity contribution < 1.29 is 17.5 Å². The zero-order valence-corrected chi connectivity index (χ0v) is 16.8. The van der Waals surface area contributed by atoms with Gasteiger partial charge in [-0.3, -0.25) is 4.68 Å². The summed E-state index contributed by atoms with van der Waals surface area (Å²) in [7, 11) is -2.21. The van der Waals surface area contributed by atoms with Gasteiger partial charge in [-0.2, -0.15) is 5.10 Å². The van der Waals surface area contributed by atoms with Crippen molar-refractivity contribution >= 4 is 10.0 Å². The van der Waals surface area contributed by atoms with E-state index in [4.69, 9.17) is 4.74 Å². The molecule has 3 rings (SSSR count). The van der Waals surface area contributed by atoms with Gasteiger partial charge in [0.1, 0.15) is 11.6 Å². The molecule has 0 unspecified atom stereocenters. The molecule has 8 heteroatoms. The van der Waals surface area contributed by atoms with Gasteiger partial charge in [0.2, 0.25) is 10.0 Å². The number of aromatic nitrogens is 2. The number of hydrogen-bond acceptors (Lipinski definition) is 4. The number of ether oxygens (including phenoxy) is 1. The third-order valence-corrected chi connectivity index (χ3v) is 5.84. The minimum atomic E-state index is -3.68. The van der Waals surface area contributed by atoms with Crippen LogP contribution in [0.15, 0.2) is 53.7 Å². The quantitative estimate of drug-likeness (QED) is 0.655. The van der Waals surface area contributed by atoms with Crippen molar-refractivity contribution in [3.05, 3.63) is 65.7 Å². The Hall–Kier alpha value is -2.71. The van der Waals surface area contributed by atoms with Crippen LogP contribution in [-0.4, -0.2) is 25.3 Å². The van der Waals surface area contributed by atoms with Crippen molar-refractivity contribution in [3.8, 4) is 16.9 Å². The standard InChI is InChI=1S/C20H22FN3O3S/c1-4-24-13-15(11-22-24)12-23-28(25,26)17-6-8-18(14(2)9-17)19-7-5-16(21)10-20(19)27-3/h5-11,13,23H,4,12H2,1-3H3. The summed E-state index contributed by atoms with van der Waals surface area (Å²) >= 11 is 0. The van der Waals surface area contributed by atoms with E-state index in [1.165, 1.54) is 25.3 Å². The van der Waals surface area contributed by atoms with Crippen LogP contribution in [0.2, 0.25) is 0 Å². The van der Waals surface area contributed by atoms with E-state index in [1.54, 1.807) is 35.3 Å². The number of halogens is 1. The Morgan fingerprint density at radius 3 is 2.57 bits per heavy atom. The van der Waals surface area contributed by atoms with E-state index in [-0.39, 0.29) is 11.4 Å². The van der Waals surface area contributed by atoms with Gasteiger partial charge in [-0.15, -0.1) is 0 Å². The summed E-state index contributed by atoms with van der Waals surface area (Å²) in [5.74, 6) is -0.00202. The van der Waals surface area contributed by atoms with Gasteiger partial charge in [0.05, 0.1) is 18.2 Å². The minimum Gasteiger partial charge on any atom is -0.496 e. The van der Waals surface area contributed by atoms with Crippen LogP contribution in [-0.2, 0) is 23.1 Å². The van der Waals surface area contributed by atoms with Gasteiger partial charge in [0, 0.05) is 36.5 Å². The predicted molar refractivity (Wildman–Crippen MR) is 105 cm³/mol. The lowest BCUT2D eigenvalue weighted by molar-refractivity contribution is 0.413. The second kappa shape index (κ2) is 8.12. The minimum absolute atomic E-state index is 0.162. The maximum atomic E-state index is 13.4. The molecule has 0 aliphatic heterocycles. The lowest BCUT2D eigenvalue weighted by atomic mass is 10.00. The summed E-state index contributed by atoms with van der Waals surface area (Å²) < 4.78 is 48.3. The molecule has 0 aliphatic rings. The Morgan fingerprint density at radius 2 is 1.93 bits per heavy atom. The first-order chi connectivity index (χ1) is 13.3. The Bertz CT molecular complexity index is 1090. The molecule has 0 fully saturated rings. The van der Waals surface area contributed by atoms with E-state index in [2.05, 4.69) is 9.82 Å². The smallest absolute Gasteiger partial charge is 0.240 e. The van der Waals surface area contributed by atoms with Crippen LogP contribution >= 0.6 is 0 Å². The van der Waals surface area contributed by atoms with Crippen LogP contribution in [0.25, 0.3) is 11.1 Å². The molecule has 0 aliphatic carbocycles. The fraction of sp³-hybridized carbons (Fsp3) is 0.250. The van der Waals surface area contributed by atoms with Crippen molar-refractivity contribution in [2.24, 2.45) is 0 Å². The molecule has 0 saturated carbocycles. The number of aryl methyl sites for hydroxylation is 2. The Morgan fingerprint density at radius 1 is 1.18 bits per heavy atom. The van der Waals surface area contributed by atoms with Gasteiger partial charge >= 0.3 is 0 Å². The SMILES string of the molecule is CCn1cc(CNS(=O)(=O)c2ccc(-c3ccc(F)cc3OC)c(C)c2)cn1. The van der Waals surface area contributed by atoms with E-state index in [0.29, 0.717) is 11.3 Å². The molecule has 3 aromatic rings. The fourth-order valence-electron chi connectivity index (χ4n) is 2.93. The number of benzene rings is 2. The number of rotatable bonds is 7. The van der Waals surface area contributed by atoms with Crippen LogP contribution in [0.4, 0.5) is 4.39 Å². The van der Waals surface area contributed by atoms with Gasteiger partial charge in [-0.25, -0.2) is 17.5 Å². The number of nitrogens with zero attached hydrogens (tertiary/aromatic N) is 2. The highest BCUT2D eigenvalue weighted by Crippen LogP contribution is 2.33. The first kappa shape index (κ1) is 20.0. The first-order valence-corrected chi connectivity index (χ1v) is 10.3. The average molecular weight is 403 g/mol. The summed E-state index contributed by atoms with van der Waals surface area (Å²) in [6, 6.07) is 9.10. The van der Waals surface area contributed by atoms with E-state index >= 15 is 0 Å². The van der Waals surface area contributed by atoms with Crippen LogP contribution < -0.4 is 9.46 Å². The third-order valence-electron chi connectivity index (χ3n) is 4.44. The summed E-state index contributed by atoms with van der Waals surface area (Å²) in [6.07, 6.45) is 3.44. The number of sulfonamides is 1. The molecular formula is C20H22FN3O3S. The van der Waals surface area contributed by atoms with Crippen LogP contribution in [0, 0.1) is 12.7 Å². The maximum absolute atomic E-state index is 13.4. The number of nitrogens with one attached hydrogen (secondary N) is 1. The predicted octanol–water partition coefficient (Wildman–Crippen LogP) is 3.50. The largest absolute Gasteiger partial charge is 0.496 e. The molecule has 0 radical (unpaired) electrons. The molecule has 0 saturated heterocycles. The molecule has 0 atom stereocenters. The maximum Gasteiger partial charge on any atom is 0.240 e. The van der Waals surface area contributed by atoms with Gasteiger partial charge < -0.3 is 4.74 Å². The van der Waals surface area contributed by atoms with E-state index in [0.717, 1.165) is 23.2 Å². The van der Waals surface area contributed by atoms with Crippen LogP contribution in [0.5, 0.6) is 5.75 Å². The monoisotopic (exact) mass is 403 g/mol. The van der Waals surface area contributed by atoms with E-state index in [9.17, 15) is 12.8 Å². The van der Waals surface area contributed by atoms with E-state index < -0.39 is 15.8 Å². The van der Waals surface area contributed by atoms with Crippen molar-refractivity contribution in [1.82, 2.24) is 14.5 Å². The molecule has 0 spiro atoms. The highest BCUT2D eigenvalue weighted by molar-refractivity contribution is 7.89. The summed E-state index contributed by atoms with van der Waals surface area (Å²) in [5.41, 5.74) is 3.01. The molecule has 0 bridgehead atoms. The van der Waals surface area contributed by atoms with Gasteiger partial charge in [0.15, 0.2) is 0 Å². The van der Waals surface area contributed by atoms with Gasteiger partial charge in [0.25, 0.3) is 0 Å². The van der Waals surface area contributed by atoms with Gasteiger partial charge in [-0.05, 0) is 49.2 Å². The molecule has 6 nitrogen and oxygen atoms in total. The normalized spacial score (nSPS) is 11.6.